The highest BCUT2D eigenvalue weighted by atomic mass is 19.1. The van der Waals surface area contributed by atoms with Crippen LogP contribution >= 0.6 is 0 Å². The zero-order chi connectivity index (χ0) is 20.5. The first-order valence-electron chi connectivity index (χ1n) is 8.98. The van der Waals surface area contributed by atoms with E-state index in [2.05, 4.69) is 31.1 Å². The number of fused-ring (bicyclic) bond motifs is 1. The summed E-state index contributed by atoms with van der Waals surface area (Å²) in [7, 11) is 0. The number of benzene rings is 2. The number of aromatic nitrogens is 2. The SMILES string of the molecule is CC(C)(C)c1ccc(C(=O)NCCn2c(=O)c(=O)[nH]c3cc(F)ccc32)cc1. The van der Waals surface area contributed by atoms with E-state index in [0.29, 0.717) is 11.1 Å². The number of amides is 1. The van der Waals surface area contributed by atoms with Crippen LogP contribution in [0, 0.1) is 5.82 Å². The molecule has 0 atom stereocenters. The Labute approximate surface area is 161 Å². The standard InChI is InChI=1S/C21H22FN3O3/c1-21(2,3)14-6-4-13(5-7-14)18(26)23-10-11-25-17-9-8-15(22)12-16(17)24-19(27)20(25)28/h4-9,12H,10-11H2,1-3H3,(H,23,26)(H,24,27). The van der Waals surface area contributed by atoms with Gasteiger partial charge in [0.15, 0.2) is 0 Å². The third-order valence-corrected chi connectivity index (χ3v) is 4.57. The first-order chi connectivity index (χ1) is 13.2. The van der Waals surface area contributed by atoms with E-state index >= 15 is 0 Å². The third kappa shape index (κ3) is 4.03. The first kappa shape index (κ1) is 19.5. The molecule has 7 heteroatoms. The number of halogens is 1. The summed E-state index contributed by atoms with van der Waals surface area (Å²) in [6, 6.07) is 11.1. The second kappa shape index (κ2) is 7.42. The molecule has 0 saturated carbocycles. The van der Waals surface area contributed by atoms with Crippen LogP contribution in [0.2, 0.25) is 0 Å². The average Bonchev–Trinajstić information content (AvgIpc) is 2.64. The normalized spacial score (nSPS) is 11.6. The maximum Gasteiger partial charge on any atom is 0.316 e. The highest BCUT2D eigenvalue weighted by Crippen LogP contribution is 2.22. The number of rotatable bonds is 4. The lowest BCUT2D eigenvalue weighted by atomic mass is 9.87. The third-order valence-electron chi connectivity index (χ3n) is 4.57. The van der Waals surface area contributed by atoms with E-state index in [9.17, 15) is 18.8 Å². The van der Waals surface area contributed by atoms with Crippen molar-refractivity contribution in [2.75, 3.05) is 6.54 Å². The van der Waals surface area contributed by atoms with E-state index in [1.807, 2.05) is 12.1 Å². The molecule has 0 radical (unpaired) electrons. The Morgan fingerprint density at radius 3 is 2.43 bits per heavy atom. The predicted molar refractivity (Wildman–Crippen MR) is 106 cm³/mol. The van der Waals surface area contributed by atoms with Crippen LogP contribution in [0.3, 0.4) is 0 Å². The largest absolute Gasteiger partial charge is 0.350 e. The summed E-state index contributed by atoms with van der Waals surface area (Å²) in [5.41, 5.74) is 0.682. The summed E-state index contributed by atoms with van der Waals surface area (Å²) >= 11 is 0. The van der Waals surface area contributed by atoms with Gasteiger partial charge >= 0.3 is 11.1 Å². The van der Waals surface area contributed by atoms with E-state index < -0.39 is 16.9 Å². The van der Waals surface area contributed by atoms with Gasteiger partial charge in [-0.15, -0.1) is 0 Å². The highest BCUT2D eigenvalue weighted by molar-refractivity contribution is 5.94. The van der Waals surface area contributed by atoms with E-state index in [0.717, 1.165) is 11.6 Å². The fourth-order valence-electron chi connectivity index (χ4n) is 2.98. The van der Waals surface area contributed by atoms with Gasteiger partial charge < -0.3 is 14.9 Å². The molecule has 0 saturated heterocycles. The quantitative estimate of drug-likeness (QED) is 0.679. The molecule has 0 fully saturated rings. The summed E-state index contributed by atoms with van der Waals surface area (Å²) in [4.78, 5) is 38.7. The molecule has 1 heterocycles. The Morgan fingerprint density at radius 1 is 1.11 bits per heavy atom. The van der Waals surface area contributed by atoms with Crippen LogP contribution in [0.4, 0.5) is 4.39 Å². The van der Waals surface area contributed by atoms with Gasteiger partial charge in [0.25, 0.3) is 5.91 Å². The summed E-state index contributed by atoms with van der Waals surface area (Å²) in [6.07, 6.45) is 0. The molecule has 3 aromatic rings. The van der Waals surface area contributed by atoms with E-state index in [1.54, 1.807) is 12.1 Å². The van der Waals surface area contributed by atoms with Crippen molar-refractivity contribution in [3.8, 4) is 0 Å². The van der Waals surface area contributed by atoms with Gasteiger partial charge in [0.2, 0.25) is 0 Å². The number of aromatic amines is 1. The number of hydrogen-bond donors (Lipinski definition) is 2. The fraction of sp³-hybridized carbons (Fsp3) is 0.286. The van der Waals surface area contributed by atoms with Crippen molar-refractivity contribution in [2.45, 2.75) is 32.7 Å². The van der Waals surface area contributed by atoms with E-state index in [1.165, 1.54) is 16.7 Å². The Morgan fingerprint density at radius 2 is 1.79 bits per heavy atom. The van der Waals surface area contributed by atoms with Crippen molar-refractivity contribution in [3.63, 3.8) is 0 Å². The molecular formula is C21H22FN3O3. The molecule has 0 aliphatic carbocycles. The van der Waals surface area contributed by atoms with Crippen molar-refractivity contribution < 1.29 is 9.18 Å². The summed E-state index contributed by atoms with van der Waals surface area (Å²) in [6.45, 7) is 6.53. The van der Waals surface area contributed by atoms with Gasteiger partial charge in [-0.1, -0.05) is 32.9 Å². The number of carbonyl (C=O) groups excluding carboxylic acids is 1. The molecule has 2 aromatic carbocycles. The molecule has 0 bridgehead atoms. The van der Waals surface area contributed by atoms with Crippen LogP contribution in [0.5, 0.6) is 0 Å². The van der Waals surface area contributed by atoms with Crippen LogP contribution in [-0.4, -0.2) is 22.0 Å². The molecule has 0 aliphatic heterocycles. The summed E-state index contributed by atoms with van der Waals surface area (Å²) in [5, 5.41) is 2.74. The molecule has 2 N–H and O–H groups in total. The molecule has 0 spiro atoms. The lowest BCUT2D eigenvalue weighted by Gasteiger charge is -2.19. The van der Waals surface area contributed by atoms with Crippen molar-refractivity contribution in [2.24, 2.45) is 0 Å². The minimum absolute atomic E-state index is 0.00291. The lowest BCUT2D eigenvalue weighted by Crippen LogP contribution is -2.39. The second-order valence-corrected chi connectivity index (χ2v) is 7.66. The lowest BCUT2D eigenvalue weighted by molar-refractivity contribution is 0.0952. The van der Waals surface area contributed by atoms with E-state index in [4.69, 9.17) is 0 Å². The Kier molecular flexibility index (Phi) is 5.18. The van der Waals surface area contributed by atoms with Crippen LogP contribution in [0.15, 0.2) is 52.1 Å². The molecule has 28 heavy (non-hydrogen) atoms. The number of nitrogens with zero attached hydrogens (tertiary/aromatic N) is 1. The maximum absolute atomic E-state index is 13.4. The molecule has 146 valence electrons. The zero-order valence-electron chi connectivity index (χ0n) is 16.0. The summed E-state index contributed by atoms with van der Waals surface area (Å²) in [5.74, 6) is -0.783. The predicted octanol–water partition coefficient (Wildman–Crippen LogP) is 2.56. The van der Waals surface area contributed by atoms with Crippen molar-refractivity contribution >= 4 is 16.9 Å². The minimum Gasteiger partial charge on any atom is -0.350 e. The first-order valence-corrected chi connectivity index (χ1v) is 8.98. The van der Waals surface area contributed by atoms with Gasteiger partial charge in [0.05, 0.1) is 11.0 Å². The van der Waals surface area contributed by atoms with Crippen LogP contribution in [0.1, 0.15) is 36.7 Å². The second-order valence-electron chi connectivity index (χ2n) is 7.66. The Bertz CT molecular complexity index is 1140. The van der Waals surface area contributed by atoms with Gasteiger partial charge in [-0.2, -0.15) is 0 Å². The Balaban J connectivity index is 1.75. The maximum atomic E-state index is 13.4. The monoisotopic (exact) mass is 383 g/mol. The van der Waals surface area contributed by atoms with E-state index in [-0.39, 0.29) is 29.9 Å². The average molecular weight is 383 g/mol. The number of carbonyl (C=O) groups is 1. The highest BCUT2D eigenvalue weighted by Gasteiger charge is 2.14. The van der Waals surface area contributed by atoms with Gasteiger partial charge in [-0.25, -0.2) is 4.39 Å². The fourth-order valence-corrected chi connectivity index (χ4v) is 2.98. The topological polar surface area (TPSA) is 84.0 Å². The molecule has 3 rings (SSSR count). The molecule has 0 unspecified atom stereocenters. The molecular weight excluding hydrogens is 361 g/mol. The van der Waals surface area contributed by atoms with Crippen molar-refractivity contribution in [1.29, 1.82) is 0 Å². The smallest absolute Gasteiger partial charge is 0.316 e. The van der Waals surface area contributed by atoms with Gasteiger partial charge in [0.1, 0.15) is 5.82 Å². The number of nitrogens with one attached hydrogen (secondary N) is 2. The van der Waals surface area contributed by atoms with Crippen molar-refractivity contribution in [1.82, 2.24) is 14.9 Å². The number of H-pyrrole nitrogens is 1. The van der Waals surface area contributed by atoms with Crippen LogP contribution in [-0.2, 0) is 12.0 Å². The molecule has 0 aliphatic rings. The van der Waals surface area contributed by atoms with Gasteiger partial charge in [-0.3, -0.25) is 14.4 Å². The zero-order valence-corrected chi connectivity index (χ0v) is 16.0. The number of hydrogen-bond acceptors (Lipinski definition) is 3. The molecule has 1 aromatic heterocycles. The van der Waals surface area contributed by atoms with Gasteiger partial charge in [-0.05, 0) is 41.3 Å². The molecule has 1 amide bonds. The Hall–Kier alpha value is -3.22. The minimum atomic E-state index is -0.831. The van der Waals surface area contributed by atoms with Gasteiger partial charge in [0, 0.05) is 18.7 Å². The molecule has 6 nitrogen and oxygen atoms in total. The van der Waals surface area contributed by atoms with Crippen molar-refractivity contribution in [3.05, 3.63) is 80.1 Å². The van der Waals surface area contributed by atoms with Crippen LogP contribution < -0.4 is 16.4 Å². The summed E-state index contributed by atoms with van der Waals surface area (Å²) < 4.78 is 14.6. The van der Waals surface area contributed by atoms with Crippen LogP contribution in [0.25, 0.3) is 11.0 Å².